The molecule has 16 heavy (non-hydrogen) atoms. The Kier molecular flexibility index (Phi) is 5.22. The van der Waals surface area contributed by atoms with E-state index in [0.29, 0.717) is 11.8 Å². The Morgan fingerprint density at radius 3 is 2.69 bits per heavy atom. The van der Waals surface area contributed by atoms with E-state index in [0.717, 1.165) is 26.1 Å². The zero-order valence-corrected chi connectivity index (χ0v) is 10.6. The molecular formula is C12H24N2O2. The Hall–Kier alpha value is -0.610. The average molecular weight is 228 g/mol. The number of carbonyl (C=O) groups is 1. The van der Waals surface area contributed by atoms with Crippen molar-refractivity contribution < 1.29 is 9.90 Å². The number of hydrogen-bond acceptors (Lipinski definition) is 3. The van der Waals surface area contributed by atoms with Gasteiger partial charge in [-0.25, -0.2) is 0 Å². The molecule has 0 aromatic carbocycles. The second-order valence-electron chi connectivity index (χ2n) is 5.15. The Morgan fingerprint density at radius 1 is 1.50 bits per heavy atom. The summed E-state index contributed by atoms with van der Waals surface area (Å²) in [6, 6.07) is -0.0738. The first-order valence-corrected chi connectivity index (χ1v) is 6.17. The van der Waals surface area contributed by atoms with Crippen LogP contribution < -0.4 is 5.32 Å². The van der Waals surface area contributed by atoms with Gasteiger partial charge < -0.3 is 10.4 Å². The monoisotopic (exact) mass is 228 g/mol. The summed E-state index contributed by atoms with van der Waals surface area (Å²) in [5.41, 5.74) is 0. The van der Waals surface area contributed by atoms with E-state index in [-0.39, 0.29) is 18.6 Å². The number of nitrogens with zero attached hydrogens (tertiary/aromatic N) is 1. The summed E-state index contributed by atoms with van der Waals surface area (Å²) in [5, 5.41) is 12.0. The van der Waals surface area contributed by atoms with E-state index in [9.17, 15) is 4.79 Å². The first-order valence-electron chi connectivity index (χ1n) is 6.17. The van der Waals surface area contributed by atoms with Gasteiger partial charge >= 0.3 is 0 Å². The van der Waals surface area contributed by atoms with Crippen molar-refractivity contribution in [2.45, 2.75) is 33.2 Å². The Bertz CT molecular complexity index is 231. The molecule has 0 aromatic heterocycles. The molecule has 2 atom stereocenters. The highest BCUT2D eigenvalue weighted by Gasteiger charge is 2.28. The van der Waals surface area contributed by atoms with Gasteiger partial charge in [-0.15, -0.1) is 0 Å². The van der Waals surface area contributed by atoms with Crippen LogP contribution in [-0.2, 0) is 4.79 Å². The van der Waals surface area contributed by atoms with Crippen molar-refractivity contribution in [3.8, 4) is 0 Å². The highest BCUT2D eigenvalue weighted by molar-refractivity contribution is 5.81. The molecule has 1 saturated heterocycles. The number of aliphatic hydroxyl groups is 1. The fraction of sp³-hybridized carbons (Fsp3) is 0.917. The Morgan fingerprint density at radius 2 is 2.19 bits per heavy atom. The maximum Gasteiger partial charge on any atom is 0.237 e. The number of likely N-dealkylation sites (tertiary alicyclic amines) is 1. The summed E-state index contributed by atoms with van der Waals surface area (Å²) in [7, 11) is 0. The van der Waals surface area contributed by atoms with Crippen LogP contribution in [0.3, 0.4) is 0 Å². The maximum atomic E-state index is 11.8. The van der Waals surface area contributed by atoms with Crippen molar-refractivity contribution in [3.63, 3.8) is 0 Å². The van der Waals surface area contributed by atoms with Gasteiger partial charge in [0.15, 0.2) is 0 Å². The molecule has 0 saturated carbocycles. The minimum atomic E-state index is -0.0738. The first-order chi connectivity index (χ1) is 7.54. The quantitative estimate of drug-likeness (QED) is 0.719. The molecule has 4 heteroatoms. The van der Waals surface area contributed by atoms with Gasteiger partial charge in [-0.05, 0) is 31.7 Å². The normalized spacial score (nSPS) is 23.7. The molecule has 94 valence electrons. The van der Waals surface area contributed by atoms with Crippen LogP contribution >= 0.6 is 0 Å². The fourth-order valence-electron chi connectivity index (χ4n) is 1.98. The standard InChI is InChI=1S/C12H24N2O2/c1-9(2)6-13-12(16)10(3)14-5-4-11(7-14)8-15/h9-11,15H,4-8H2,1-3H3,(H,13,16). The van der Waals surface area contributed by atoms with Crippen molar-refractivity contribution >= 4 is 5.91 Å². The van der Waals surface area contributed by atoms with Crippen molar-refractivity contribution in [2.24, 2.45) is 11.8 Å². The molecule has 0 aromatic rings. The summed E-state index contributed by atoms with van der Waals surface area (Å²) < 4.78 is 0. The lowest BCUT2D eigenvalue weighted by Gasteiger charge is -2.23. The van der Waals surface area contributed by atoms with Gasteiger partial charge in [0, 0.05) is 19.7 Å². The lowest BCUT2D eigenvalue weighted by molar-refractivity contribution is -0.125. The highest BCUT2D eigenvalue weighted by Crippen LogP contribution is 2.17. The van der Waals surface area contributed by atoms with Crippen LogP contribution in [0.5, 0.6) is 0 Å². The maximum absolute atomic E-state index is 11.8. The second kappa shape index (κ2) is 6.21. The number of rotatable bonds is 5. The van der Waals surface area contributed by atoms with Crippen LogP contribution in [0.15, 0.2) is 0 Å². The Balaban J connectivity index is 2.33. The molecule has 0 spiro atoms. The third kappa shape index (κ3) is 3.76. The van der Waals surface area contributed by atoms with Gasteiger partial charge in [-0.2, -0.15) is 0 Å². The molecule has 4 nitrogen and oxygen atoms in total. The van der Waals surface area contributed by atoms with E-state index in [1.54, 1.807) is 0 Å². The van der Waals surface area contributed by atoms with Gasteiger partial charge in [0.25, 0.3) is 0 Å². The SMILES string of the molecule is CC(C)CNC(=O)C(C)N1CCC(CO)C1. The average Bonchev–Trinajstić information content (AvgIpc) is 2.73. The Labute approximate surface area is 98.0 Å². The van der Waals surface area contributed by atoms with Gasteiger partial charge in [-0.3, -0.25) is 9.69 Å². The molecule has 2 N–H and O–H groups in total. The zero-order chi connectivity index (χ0) is 12.1. The van der Waals surface area contributed by atoms with E-state index in [1.807, 2.05) is 6.92 Å². The van der Waals surface area contributed by atoms with E-state index < -0.39 is 0 Å². The van der Waals surface area contributed by atoms with Crippen LogP contribution in [0.4, 0.5) is 0 Å². The van der Waals surface area contributed by atoms with Gasteiger partial charge in [0.05, 0.1) is 6.04 Å². The van der Waals surface area contributed by atoms with Gasteiger partial charge in [0.2, 0.25) is 5.91 Å². The van der Waals surface area contributed by atoms with Crippen LogP contribution in [0.2, 0.25) is 0 Å². The number of amides is 1. The van der Waals surface area contributed by atoms with E-state index in [2.05, 4.69) is 24.1 Å². The summed E-state index contributed by atoms with van der Waals surface area (Å²) in [6.45, 7) is 8.84. The molecule has 0 radical (unpaired) electrons. The third-order valence-corrected chi connectivity index (χ3v) is 3.19. The van der Waals surface area contributed by atoms with Crippen LogP contribution in [0.25, 0.3) is 0 Å². The van der Waals surface area contributed by atoms with Crippen LogP contribution in [0.1, 0.15) is 27.2 Å². The number of nitrogens with one attached hydrogen (secondary N) is 1. The van der Waals surface area contributed by atoms with Crippen LogP contribution in [-0.4, -0.2) is 48.2 Å². The predicted molar refractivity (Wildman–Crippen MR) is 64.1 cm³/mol. The minimum Gasteiger partial charge on any atom is -0.396 e. The zero-order valence-electron chi connectivity index (χ0n) is 10.6. The fourth-order valence-corrected chi connectivity index (χ4v) is 1.98. The molecule has 2 unspecified atom stereocenters. The predicted octanol–water partition coefficient (Wildman–Crippen LogP) is 0.461. The number of aliphatic hydroxyl groups excluding tert-OH is 1. The molecule has 1 aliphatic heterocycles. The second-order valence-corrected chi connectivity index (χ2v) is 5.15. The third-order valence-electron chi connectivity index (χ3n) is 3.19. The first kappa shape index (κ1) is 13.5. The summed E-state index contributed by atoms with van der Waals surface area (Å²) >= 11 is 0. The lowest BCUT2D eigenvalue weighted by atomic mass is 10.1. The molecule has 1 rings (SSSR count). The number of carbonyl (C=O) groups excluding carboxylic acids is 1. The summed E-state index contributed by atoms with van der Waals surface area (Å²) in [4.78, 5) is 14.0. The summed E-state index contributed by atoms with van der Waals surface area (Å²) in [5.74, 6) is 0.938. The van der Waals surface area contributed by atoms with E-state index in [4.69, 9.17) is 5.11 Å². The highest BCUT2D eigenvalue weighted by atomic mass is 16.3. The molecule has 1 amide bonds. The minimum absolute atomic E-state index is 0.0738. The van der Waals surface area contributed by atoms with Crippen molar-refractivity contribution in [1.82, 2.24) is 10.2 Å². The van der Waals surface area contributed by atoms with Gasteiger partial charge in [-0.1, -0.05) is 13.8 Å². The van der Waals surface area contributed by atoms with Crippen molar-refractivity contribution in [3.05, 3.63) is 0 Å². The number of hydrogen-bond donors (Lipinski definition) is 2. The largest absolute Gasteiger partial charge is 0.396 e. The molecule has 1 fully saturated rings. The topological polar surface area (TPSA) is 52.6 Å². The lowest BCUT2D eigenvalue weighted by Crippen LogP contribution is -2.45. The van der Waals surface area contributed by atoms with Crippen LogP contribution in [0, 0.1) is 11.8 Å². The summed E-state index contributed by atoms with van der Waals surface area (Å²) in [6.07, 6.45) is 0.998. The molecule has 0 aliphatic carbocycles. The van der Waals surface area contributed by atoms with E-state index in [1.165, 1.54) is 0 Å². The molecular weight excluding hydrogens is 204 g/mol. The molecule has 1 heterocycles. The van der Waals surface area contributed by atoms with Gasteiger partial charge in [0.1, 0.15) is 0 Å². The van der Waals surface area contributed by atoms with Crippen molar-refractivity contribution in [2.75, 3.05) is 26.2 Å². The molecule has 1 aliphatic rings. The van der Waals surface area contributed by atoms with E-state index >= 15 is 0 Å². The molecule has 0 bridgehead atoms. The van der Waals surface area contributed by atoms with Crippen molar-refractivity contribution in [1.29, 1.82) is 0 Å². The smallest absolute Gasteiger partial charge is 0.237 e.